The molecular weight excluding hydrogens is 534 g/mol. The van der Waals surface area contributed by atoms with Crippen molar-refractivity contribution in [2.24, 2.45) is 11.7 Å². The minimum Gasteiger partial charge on any atom is -0.492 e. The van der Waals surface area contributed by atoms with E-state index >= 15 is 0 Å². The summed E-state index contributed by atoms with van der Waals surface area (Å²) in [4.78, 5) is 24.6. The molecule has 0 aliphatic carbocycles. The van der Waals surface area contributed by atoms with E-state index in [4.69, 9.17) is 22.1 Å². The van der Waals surface area contributed by atoms with Crippen molar-refractivity contribution in [2.75, 3.05) is 52.4 Å². The van der Waals surface area contributed by atoms with Crippen molar-refractivity contribution in [2.45, 2.75) is 38.8 Å². The lowest BCUT2D eigenvalue weighted by atomic mass is 9.88. The summed E-state index contributed by atoms with van der Waals surface area (Å²) >= 11 is 6.36. The highest BCUT2D eigenvalue weighted by Gasteiger charge is 2.33. The van der Waals surface area contributed by atoms with E-state index < -0.39 is 6.04 Å². The third kappa shape index (κ3) is 7.66. The number of pyridine rings is 1. The highest BCUT2D eigenvalue weighted by atomic mass is 35.5. The maximum Gasteiger partial charge on any atom is 0.239 e. The van der Waals surface area contributed by atoms with Gasteiger partial charge in [-0.25, -0.2) is 0 Å². The second-order valence-corrected chi connectivity index (χ2v) is 11.5. The Morgan fingerprint density at radius 2 is 1.76 bits per heavy atom. The molecule has 1 atom stereocenters. The molecule has 2 saturated heterocycles. The van der Waals surface area contributed by atoms with E-state index in [0.717, 1.165) is 75.0 Å². The van der Waals surface area contributed by atoms with Crippen molar-refractivity contribution in [3.63, 3.8) is 0 Å². The van der Waals surface area contributed by atoms with Gasteiger partial charge in [0.05, 0.1) is 18.3 Å². The van der Waals surface area contributed by atoms with E-state index in [1.54, 1.807) is 6.20 Å². The predicted molar refractivity (Wildman–Crippen MR) is 165 cm³/mol. The number of carbonyl (C=O) groups excluding carboxylic acids is 1. The molecule has 5 rings (SSSR count). The molecule has 1 amide bonds. The molecule has 0 bridgehead atoms. The van der Waals surface area contributed by atoms with Crippen LogP contribution in [-0.4, -0.2) is 84.1 Å². The lowest BCUT2D eigenvalue weighted by Gasteiger charge is -2.39. The summed E-state index contributed by atoms with van der Waals surface area (Å²) < 4.78 is 5.73. The number of ether oxygens (including phenoxy) is 1. The number of nitrogens with zero attached hydrogens (tertiary/aromatic N) is 4. The molecule has 7 nitrogen and oxygen atoms in total. The van der Waals surface area contributed by atoms with E-state index in [1.165, 1.54) is 16.7 Å². The Morgan fingerprint density at radius 1 is 1.00 bits per heavy atom. The molecule has 3 aromatic rings. The molecule has 0 spiro atoms. The molecule has 2 fully saturated rings. The van der Waals surface area contributed by atoms with E-state index in [-0.39, 0.29) is 11.8 Å². The quantitative estimate of drug-likeness (QED) is 0.377. The summed E-state index contributed by atoms with van der Waals surface area (Å²) in [5.74, 6) is 1.17. The van der Waals surface area contributed by atoms with Gasteiger partial charge in [-0.15, -0.1) is 0 Å². The van der Waals surface area contributed by atoms with Crippen LogP contribution in [0.15, 0.2) is 66.9 Å². The van der Waals surface area contributed by atoms with Crippen molar-refractivity contribution in [3.05, 3.63) is 83.1 Å². The predicted octanol–water partition coefficient (Wildman–Crippen LogP) is 4.73. The van der Waals surface area contributed by atoms with Gasteiger partial charge in [0.15, 0.2) is 0 Å². The van der Waals surface area contributed by atoms with Crippen LogP contribution in [0.1, 0.15) is 31.0 Å². The van der Waals surface area contributed by atoms with Gasteiger partial charge in [-0.3, -0.25) is 14.7 Å². The van der Waals surface area contributed by atoms with Crippen molar-refractivity contribution in [3.8, 4) is 16.9 Å². The van der Waals surface area contributed by atoms with Gasteiger partial charge in [-0.1, -0.05) is 48.0 Å². The Kier molecular flexibility index (Phi) is 10.3. The monoisotopic (exact) mass is 575 g/mol. The molecule has 2 N–H and O–H groups in total. The van der Waals surface area contributed by atoms with Crippen LogP contribution in [-0.2, 0) is 17.8 Å². The molecule has 2 aliphatic rings. The smallest absolute Gasteiger partial charge is 0.239 e. The average Bonchev–Trinajstić information content (AvgIpc) is 3.01. The summed E-state index contributed by atoms with van der Waals surface area (Å²) in [5.41, 5.74) is 11.3. The first kappa shape index (κ1) is 29.5. The van der Waals surface area contributed by atoms with Gasteiger partial charge >= 0.3 is 0 Å². The maximum absolute atomic E-state index is 13.3. The van der Waals surface area contributed by atoms with Crippen molar-refractivity contribution in [1.82, 2.24) is 19.7 Å². The molecule has 3 heterocycles. The number of piperidine rings is 1. The van der Waals surface area contributed by atoms with Gasteiger partial charge in [-0.05, 0) is 86.1 Å². The van der Waals surface area contributed by atoms with Gasteiger partial charge in [0.2, 0.25) is 5.91 Å². The molecule has 2 aliphatic heterocycles. The van der Waals surface area contributed by atoms with Crippen molar-refractivity contribution in [1.29, 1.82) is 0 Å². The third-order valence-electron chi connectivity index (χ3n) is 8.48. The van der Waals surface area contributed by atoms with Crippen LogP contribution >= 0.6 is 11.6 Å². The second kappa shape index (κ2) is 14.3. The number of aromatic nitrogens is 1. The van der Waals surface area contributed by atoms with Crippen LogP contribution in [0.3, 0.4) is 0 Å². The zero-order valence-electron chi connectivity index (χ0n) is 24.1. The summed E-state index contributed by atoms with van der Waals surface area (Å²) in [7, 11) is 0. The van der Waals surface area contributed by atoms with Gasteiger partial charge < -0.3 is 20.3 Å². The number of amides is 1. The molecule has 8 heteroatoms. The summed E-state index contributed by atoms with van der Waals surface area (Å²) in [5, 5.41) is 0.774. The first-order valence-corrected chi connectivity index (χ1v) is 15.3. The van der Waals surface area contributed by atoms with Gasteiger partial charge in [0.1, 0.15) is 5.75 Å². The minimum atomic E-state index is -0.429. The first-order chi connectivity index (χ1) is 20.0. The van der Waals surface area contributed by atoms with E-state index in [9.17, 15) is 4.79 Å². The average molecular weight is 576 g/mol. The van der Waals surface area contributed by atoms with Gasteiger partial charge in [0, 0.05) is 50.5 Å². The standard InChI is InChI=1S/C33H42ClN5O2/c1-2-41-31-9-6-15-36-30(31)24-38-19-21-39(22-20-38)33(40)32(35)26-12-16-37(17-13-26)18-14-27-23-28(34)10-11-29(27)25-7-4-3-5-8-25/h3-11,15,23,26,32H,2,12-14,16-22,24,35H2,1H3/t32-/m1/s1. The number of rotatable bonds is 10. The topological polar surface area (TPSA) is 74.9 Å². The van der Waals surface area contributed by atoms with Crippen molar-refractivity contribution >= 4 is 17.5 Å². The molecule has 41 heavy (non-hydrogen) atoms. The SMILES string of the molecule is CCOc1cccnc1CN1CCN(C(=O)[C@H](N)C2CCN(CCc3cc(Cl)ccc3-c3ccccc3)CC2)CC1. The normalized spacial score (nSPS) is 17.9. The number of likely N-dealkylation sites (tertiary alicyclic amines) is 1. The summed E-state index contributed by atoms with van der Waals surface area (Å²) in [6.45, 7) is 9.26. The highest BCUT2D eigenvalue weighted by molar-refractivity contribution is 6.30. The number of hydrogen-bond donors (Lipinski definition) is 1. The minimum absolute atomic E-state index is 0.0994. The van der Waals surface area contributed by atoms with Crippen LogP contribution < -0.4 is 10.5 Å². The lowest BCUT2D eigenvalue weighted by molar-refractivity contribution is -0.136. The summed E-state index contributed by atoms with van der Waals surface area (Å²) in [6.07, 6.45) is 4.65. The lowest BCUT2D eigenvalue weighted by Crippen LogP contribution is -2.55. The van der Waals surface area contributed by atoms with E-state index in [1.807, 2.05) is 36.1 Å². The van der Waals surface area contributed by atoms with Crippen LogP contribution in [0.25, 0.3) is 11.1 Å². The van der Waals surface area contributed by atoms with Crippen LogP contribution in [0.5, 0.6) is 5.75 Å². The zero-order chi connectivity index (χ0) is 28.6. The van der Waals surface area contributed by atoms with Crippen LogP contribution in [0.4, 0.5) is 0 Å². The fraction of sp³-hybridized carbons (Fsp3) is 0.455. The Morgan fingerprint density at radius 3 is 2.49 bits per heavy atom. The molecule has 0 saturated carbocycles. The molecule has 0 unspecified atom stereocenters. The molecule has 2 aromatic carbocycles. The van der Waals surface area contributed by atoms with E-state index in [2.05, 4.69) is 51.2 Å². The second-order valence-electron chi connectivity index (χ2n) is 11.1. The number of carbonyl (C=O) groups is 1. The maximum atomic E-state index is 13.3. The van der Waals surface area contributed by atoms with Crippen molar-refractivity contribution < 1.29 is 9.53 Å². The van der Waals surface area contributed by atoms with E-state index in [0.29, 0.717) is 19.7 Å². The largest absolute Gasteiger partial charge is 0.492 e. The summed E-state index contributed by atoms with van der Waals surface area (Å²) in [6, 6.07) is 20.1. The Labute approximate surface area is 249 Å². The fourth-order valence-electron chi connectivity index (χ4n) is 6.06. The molecule has 0 radical (unpaired) electrons. The zero-order valence-corrected chi connectivity index (χ0v) is 24.8. The molecule has 218 valence electrons. The van der Waals surface area contributed by atoms with Crippen LogP contribution in [0, 0.1) is 5.92 Å². The van der Waals surface area contributed by atoms with Crippen LogP contribution in [0.2, 0.25) is 5.02 Å². The highest BCUT2D eigenvalue weighted by Crippen LogP contribution is 2.28. The third-order valence-corrected chi connectivity index (χ3v) is 8.72. The number of benzene rings is 2. The number of nitrogens with two attached hydrogens (primary N) is 1. The number of hydrogen-bond acceptors (Lipinski definition) is 6. The van der Waals surface area contributed by atoms with Gasteiger partial charge in [-0.2, -0.15) is 0 Å². The first-order valence-electron chi connectivity index (χ1n) is 14.9. The fourth-order valence-corrected chi connectivity index (χ4v) is 6.26. The Bertz CT molecular complexity index is 1270. The van der Waals surface area contributed by atoms with Gasteiger partial charge in [0.25, 0.3) is 0 Å². The molecular formula is C33H42ClN5O2. The number of halogens is 1. The Balaban J connectivity index is 1.07. The molecule has 1 aromatic heterocycles. The number of piperazine rings is 1. The Hall–Kier alpha value is -2.97.